The Morgan fingerprint density at radius 2 is 1.90 bits per heavy atom. The molecular weight excluding hydrogens is 381 g/mol. The molecule has 0 aliphatic carbocycles. The predicted molar refractivity (Wildman–Crippen MR) is 106 cm³/mol. The second-order valence-corrected chi connectivity index (χ2v) is 8.14. The number of aromatic nitrogens is 3. The van der Waals surface area contributed by atoms with Gasteiger partial charge in [0.25, 0.3) is 0 Å². The van der Waals surface area contributed by atoms with Crippen LogP contribution in [0.4, 0.5) is 13.2 Å². The fraction of sp³-hybridized carbons (Fsp3) is 0.429. The number of hydrogen-bond acceptors (Lipinski definition) is 4. The SMILES string of the molecule is CC(C)C[C@](C)(N)COc1ccc(-c2ncnc3c2ccn3C)cc1C(F)(F)F. The number of benzene rings is 1. The first-order valence-electron chi connectivity index (χ1n) is 9.37. The van der Waals surface area contributed by atoms with Crippen molar-refractivity contribution in [2.45, 2.75) is 38.9 Å². The molecule has 2 aromatic heterocycles. The van der Waals surface area contributed by atoms with E-state index in [1.54, 1.807) is 29.8 Å². The van der Waals surface area contributed by atoms with Gasteiger partial charge in [-0.2, -0.15) is 13.2 Å². The van der Waals surface area contributed by atoms with Crippen LogP contribution in [0.1, 0.15) is 32.8 Å². The van der Waals surface area contributed by atoms with Crippen LogP contribution < -0.4 is 10.5 Å². The van der Waals surface area contributed by atoms with Crippen molar-refractivity contribution in [2.24, 2.45) is 18.7 Å². The number of ether oxygens (including phenoxy) is 1. The molecular formula is C21H25F3N4O. The van der Waals surface area contributed by atoms with Gasteiger partial charge < -0.3 is 15.0 Å². The van der Waals surface area contributed by atoms with E-state index in [9.17, 15) is 13.2 Å². The number of nitrogens with two attached hydrogens (primary N) is 1. The molecule has 0 bridgehead atoms. The van der Waals surface area contributed by atoms with Crippen molar-refractivity contribution in [1.82, 2.24) is 14.5 Å². The second kappa shape index (κ2) is 7.67. The Bertz CT molecular complexity index is 1010. The molecule has 3 aromatic rings. The zero-order valence-electron chi connectivity index (χ0n) is 16.9. The highest BCUT2D eigenvalue weighted by atomic mass is 19.4. The lowest BCUT2D eigenvalue weighted by molar-refractivity contribution is -0.139. The van der Waals surface area contributed by atoms with Crippen molar-refractivity contribution in [3.8, 4) is 17.0 Å². The fourth-order valence-corrected chi connectivity index (χ4v) is 3.57. The lowest BCUT2D eigenvalue weighted by Crippen LogP contribution is -2.43. The van der Waals surface area contributed by atoms with E-state index in [-0.39, 0.29) is 12.4 Å². The zero-order valence-corrected chi connectivity index (χ0v) is 16.9. The van der Waals surface area contributed by atoms with Crippen LogP contribution in [0.15, 0.2) is 36.8 Å². The largest absolute Gasteiger partial charge is 0.491 e. The summed E-state index contributed by atoms with van der Waals surface area (Å²) in [5, 5.41) is 0.684. The van der Waals surface area contributed by atoms with Gasteiger partial charge in [-0.3, -0.25) is 0 Å². The van der Waals surface area contributed by atoms with Gasteiger partial charge in [-0.25, -0.2) is 9.97 Å². The smallest absolute Gasteiger partial charge is 0.419 e. The first-order valence-corrected chi connectivity index (χ1v) is 9.37. The Labute approximate surface area is 167 Å². The Kier molecular flexibility index (Phi) is 5.58. The number of nitrogens with zero attached hydrogens (tertiary/aromatic N) is 3. The molecule has 0 saturated carbocycles. The summed E-state index contributed by atoms with van der Waals surface area (Å²) in [6.07, 6.45) is -0.792. The third-order valence-electron chi connectivity index (χ3n) is 4.65. The van der Waals surface area contributed by atoms with Crippen molar-refractivity contribution < 1.29 is 17.9 Å². The van der Waals surface area contributed by atoms with Gasteiger partial charge in [-0.1, -0.05) is 13.8 Å². The highest BCUT2D eigenvalue weighted by Crippen LogP contribution is 2.39. The summed E-state index contributed by atoms with van der Waals surface area (Å²) in [6, 6.07) is 5.77. The lowest BCUT2D eigenvalue weighted by Gasteiger charge is -2.27. The highest BCUT2D eigenvalue weighted by Gasteiger charge is 2.35. The number of halogens is 3. The number of rotatable bonds is 6. The monoisotopic (exact) mass is 406 g/mol. The van der Waals surface area contributed by atoms with Gasteiger partial charge in [0.15, 0.2) is 0 Å². The van der Waals surface area contributed by atoms with Crippen molar-refractivity contribution in [3.05, 3.63) is 42.4 Å². The van der Waals surface area contributed by atoms with Gasteiger partial charge in [-0.15, -0.1) is 0 Å². The minimum absolute atomic E-state index is 0.00988. The lowest BCUT2D eigenvalue weighted by atomic mass is 9.93. The molecule has 8 heteroatoms. The molecule has 0 spiro atoms. The molecule has 2 N–H and O–H groups in total. The van der Waals surface area contributed by atoms with Crippen LogP contribution >= 0.6 is 0 Å². The van der Waals surface area contributed by atoms with E-state index >= 15 is 0 Å². The van der Waals surface area contributed by atoms with Gasteiger partial charge in [0, 0.05) is 29.7 Å². The van der Waals surface area contributed by atoms with Crippen molar-refractivity contribution >= 4 is 11.0 Å². The standard InChI is InChI=1S/C21H25F3N4O/c1-13(2)10-20(3,25)11-29-17-6-5-14(9-16(17)21(22,23)24)18-15-7-8-28(4)19(15)27-12-26-18/h5-9,12-13H,10-11,25H2,1-4H3/t20-/m0/s1. The summed E-state index contributed by atoms with van der Waals surface area (Å²) in [5.74, 6) is 0.0733. The Morgan fingerprint density at radius 3 is 2.55 bits per heavy atom. The first kappa shape index (κ1) is 21.1. The van der Waals surface area contributed by atoms with Crippen LogP contribution in [0.3, 0.4) is 0 Å². The molecule has 156 valence electrons. The maximum absolute atomic E-state index is 13.7. The van der Waals surface area contributed by atoms with Crippen LogP contribution in [-0.2, 0) is 13.2 Å². The average Bonchev–Trinajstić information content (AvgIpc) is 2.99. The third-order valence-corrected chi connectivity index (χ3v) is 4.65. The number of aryl methyl sites for hydroxylation is 1. The third kappa shape index (κ3) is 4.70. The number of alkyl halides is 3. The van der Waals surface area contributed by atoms with Crippen LogP contribution in [0.25, 0.3) is 22.3 Å². The van der Waals surface area contributed by atoms with Gasteiger partial charge in [0.05, 0.1) is 11.3 Å². The van der Waals surface area contributed by atoms with Gasteiger partial charge in [-0.05, 0) is 43.5 Å². The quantitative estimate of drug-likeness (QED) is 0.639. The molecule has 0 saturated heterocycles. The van der Waals surface area contributed by atoms with Gasteiger partial charge >= 0.3 is 6.18 Å². The molecule has 0 fully saturated rings. The number of hydrogen-bond donors (Lipinski definition) is 1. The van der Waals surface area contributed by atoms with E-state index in [2.05, 4.69) is 9.97 Å². The van der Waals surface area contributed by atoms with E-state index in [4.69, 9.17) is 10.5 Å². The van der Waals surface area contributed by atoms with Crippen molar-refractivity contribution in [2.75, 3.05) is 6.61 Å². The second-order valence-electron chi connectivity index (χ2n) is 8.14. The number of fused-ring (bicyclic) bond motifs is 1. The summed E-state index contributed by atoms with van der Waals surface area (Å²) >= 11 is 0. The Hall–Kier alpha value is -2.61. The predicted octanol–water partition coefficient (Wildman–Crippen LogP) is 4.80. The highest BCUT2D eigenvalue weighted by molar-refractivity contribution is 5.91. The summed E-state index contributed by atoms with van der Waals surface area (Å²) in [6.45, 7) is 5.78. The molecule has 29 heavy (non-hydrogen) atoms. The van der Waals surface area contributed by atoms with Crippen molar-refractivity contribution in [3.63, 3.8) is 0 Å². The summed E-state index contributed by atoms with van der Waals surface area (Å²) in [5.41, 5.74) is 6.05. The molecule has 0 aliphatic heterocycles. The van der Waals surface area contributed by atoms with Gasteiger partial charge in [0.2, 0.25) is 0 Å². The Balaban J connectivity index is 1.98. The molecule has 0 unspecified atom stereocenters. The van der Waals surface area contributed by atoms with Crippen LogP contribution in [0.5, 0.6) is 5.75 Å². The normalized spacial score (nSPS) is 14.4. The molecule has 2 heterocycles. The Morgan fingerprint density at radius 1 is 1.17 bits per heavy atom. The van der Waals surface area contributed by atoms with Gasteiger partial charge in [0.1, 0.15) is 24.3 Å². The molecule has 0 amide bonds. The maximum Gasteiger partial charge on any atom is 0.419 e. The van der Waals surface area contributed by atoms with E-state index in [0.29, 0.717) is 34.6 Å². The van der Waals surface area contributed by atoms with Crippen LogP contribution in [0, 0.1) is 5.92 Å². The summed E-state index contributed by atoms with van der Waals surface area (Å²) < 4.78 is 48.6. The van der Waals surface area contributed by atoms with Crippen molar-refractivity contribution in [1.29, 1.82) is 0 Å². The molecule has 5 nitrogen and oxygen atoms in total. The maximum atomic E-state index is 13.7. The summed E-state index contributed by atoms with van der Waals surface area (Å²) in [4.78, 5) is 8.40. The fourth-order valence-electron chi connectivity index (χ4n) is 3.57. The zero-order chi connectivity index (χ0) is 21.4. The average molecular weight is 406 g/mol. The minimum atomic E-state index is -4.57. The van der Waals surface area contributed by atoms with E-state index in [0.717, 1.165) is 6.07 Å². The van der Waals surface area contributed by atoms with E-state index < -0.39 is 17.3 Å². The topological polar surface area (TPSA) is 66.0 Å². The molecule has 1 atom stereocenters. The van der Waals surface area contributed by atoms with Crippen LogP contribution in [-0.4, -0.2) is 26.7 Å². The summed E-state index contributed by atoms with van der Waals surface area (Å²) in [7, 11) is 1.82. The molecule has 0 aliphatic rings. The van der Waals surface area contributed by atoms with E-state index in [1.807, 2.05) is 20.9 Å². The van der Waals surface area contributed by atoms with Crippen LogP contribution in [0.2, 0.25) is 0 Å². The van der Waals surface area contributed by atoms with E-state index in [1.165, 1.54) is 12.4 Å². The molecule has 3 rings (SSSR count). The molecule has 1 aromatic carbocycles. The first-order chi connectivity index (χ1) is 13.5. The minimum Gasteiger partial charge on any atom is -0.491 e. The molecule has 0 radical (unpaired) electrons.